The lowest BCUT2D eigenvalue weighted by Crippen LogP contribution is -2.41. The molecule has 24 heavy (non-hydrogen) atoms. The van der Waals surface area contributed by atoms with Crippen molar-refractivity contribution in [2.75, 3.05) is 39.8 Å². The van der Waals surface area contributed by atoms with Crippen LogP contribution in [0.1, 0.15) is 13.3 Å². The SMILES string of the molecule is CNCC(C)C(=O)N1CCCN(S(=O)(=O)c2ccc(F)cc2)CC1. The average Bonchev–Trinajstić information content (AvgIpc) is 2.81. The summed E-state index contributed by atoms with van der Waals surface area (Å²) in [5, 5.41) is 2.98. The molecule has 1 atom stereocenters. The maximum Gasteiger partial charge on any atom is 0.243 e. The lowest BCUT2D eigenvalue weighted by atomic mass is 10.1. The van der Waals surface area contributed by atoms with Gasteiger partial charge < -0.3 is 10.2 Å². The zero-order chi connectivity index (χ0) is 17.7. The number of halogens is 1. The molecule has 1 amide bonds. The molecule has 1 aromatic rings. The molecule has 1 N–H and O–H groups in total. The van der Waals surface area contributed by atoms with Crippen molar-refractivity contribution in [1.82, 2.24) is 14.5 Å². The number of hydrogen-bond acceptors (Lipinski definition) is 4. The van der Waals surface area contributed by atoms with Crippen molar-refractivity contribution in [3.05, 3.63) is 30.1 Å². The molecule has 0 radical (unpaired) electrons. The van der Waals surface area contributed by atoms with Crippen LogP contribution >= 0.6 is 0 Å². The molecule has 1 saturated heterocycles. The summed E-state index contributed by atoms with van der Waals surface area (Å²) < 4.78 is 39.7. The van der Waals surface area contributed by atoms with Gasteiger partial charge in [0.25, 0.3) is 0 Å². The van der Waals surface area contributed by atoms with E-state index in [1.54, 1.807) is 11.9 Å². The number of rotatable bonds is 5. The van der Waals surface area contributed by atoms with Gasteiger partial charge in [-0.15, -0.1) is 0 Å². The summed E-state index contributed by atoms with van der Waals surface area (Å²) in [6.07, 6.45) is 0.582. The summed E-state index contributed by atoms with van der Waals surface area (Å²) in [6.45, 7) is 3.96. The standard InChI is InChI=1S/C16H24FN3O3S/c1-13(12-18-2)16(21)19-8-3-9-20(11-10-19)24(22,23)15-6-4-14(17)5-7-15/h4-7,13,18H,3,8-12H2,1-2H3. The quantitative estimate of drug-likeness (QED) is 0.850. The van der Waals surface area contributed by atoms with Crippen LogP contribution in [-0.2, 0) is 14.8 Å². The van der Waals surface area contributed by atoms with Gasteiger partial charge in [-0.05, 0) is 37.7 Å². The predicted octanol–water partition coefficient (Wildman–Crippen LogP) is 0.904. The molecule has 8 heteroatoms. The third kappa shape index (κ3) is 4.31. The fourth-order valence-electron chi connectivity index (χ4n) is 2.82. The van der Waals surface area contributed by atoms with Crippen LogP contribution in [0.25, 0.3) is 0 Å². The number of sulfonamides is 1. The van der Waals surface area contributed by atoms with Crippen LogP contribution in [0.5, 0.6) is 0 Å². The highest BCUT2D eigenvalue weighted by molar-refractivity contribution is 7.89. The minimum Gasteiger partial charge on any atom is -0.341 e. The van der Waals surface area contributed by atoms with Crippen molar-refractivity contribution in [1.29, 1.82) is 0 Å². The van der Waals surface area contributed by atoms with E-state index < -0.39 is 15.8 Å². The molecule has 2 rings (SSSR count). The number of benzene rings is 1. The lowest BCUT2D eigenvalue weighted by Gasteiger charge is -2.24. The zero-order valence-corrected chi connectivity index (χ0v) is 14.9. The minimum atomic E-state index is -3.67. The van der Waals surface area contributed by atoms with Crippen LogP contribution in [0.3, 0.4) is 0 Å². The number of carbonyl (C=O) groups is 1. The van der Waals surface area contributed by atoms with Gasteiger partial charge in [0.1, 0.15) is 5.82 Å². The van der Waals surface area contributed by atoms with Gasteiger partial charge in [0.2, 0.25) is 15.9 Å². The number of carbonyl (C=O) groups excluding carboxylic acids is 1. The Hall–Kier alpha value is -1.51. The highest BCUT2D eigenvalue weighted by atomic mass is 32.2. The van der Waals surface area contributed by atoms with Crippen molar-refractivity contribution < 1.29 is 17.6 Å². The number of nitrogens with zero attached hydrogens (tertiary/aromatic N) is 2. The van der Waals surface area contributed by atoms with Crippen LogP contribution in [0.4, 0.5) is 4.39 Å². The maximum atomic E-state index is 13.0. The number of hydrogen-bond donors (Lipinski definition) is 1. The van der Waals surface area contributed by atoms with Crippen molar-refractivity contribution >= 4 is 15.9 Å². The Bertz CT molecular complexity index is 664. The first-order valence-electron chi connectivity index (χ1n) is 8.05. The molecule has 1 fully saturated rings. The Kier molecular flexibility index (Phi) is 6.31. The molecule has 1 heterocycles. The molecule has 134 valence electrons. The topological polar surface area (TPSA) is 69.7 Å². The van der Waals surface area contributed by atoms with Gasteiger partial charge in [-0.25, -0.2) is 12.8 Å². The van der Waals surface area contributed by atoms with Gasteiger partial charge in [-0.1, -0.05) is 6.92 Å². The molecule has 6 nitrogen and oxygen atoms in total. The Balaban J connectivity index is 2.07. The Morgan fingerprint density at radius 3 is 2.50 bits per heavy atom. The fraction of sp³-hybridized carbons (Fsp3) is 0.562. The normalized spacial score (nSPS) is 18.2. The Morgan fingerprint density at radius 1 is 1.21 bits per heavy atom. The van der Waals surface area contributed by atoms with E-state index in [0.717, 1.165) is 12.1 Å². The summed E-state index contributed by atoms with van der Waals surface area (Å²) in [5.74, 6) is -0.583. The van der Waals surface area contributed by atoms with E-state index in [9.17, 15) is 17.6 Å². The molecular weight excluding hydrogens is 333 g/mol. The fourth-order valence-corrected chi connectivity index (χ4v) is 4.28. The van der Waals surface area contributed by atoms with E-state index in [1.807, 2.05) is 6.92 Å². The van der Waals surface area contributed by atoms with E-state index >= 15 is 0 Å². The molecule has 0 aliphatic carbocycles. The van der Waals surface area contributed by atoms with Crippen molar-refractivity contribution in [3.8, 4) is 0 Å². The summed E-state index contributed by atoms with van der Waals surface area (Å²) >= 11 is 0. The smallest absolute Gasteiger partial charge is 0.243 e. The summed E-state index contributed by atoms with van der Waals surface area (Å²) in [7, 11) is -1.87. The summed E-state index contributed by atoms with van der Waals surface area (Å²) in [4.78, 5) is 14.2. The first-order chi connectivity index (χ1) is 11.4. The lowest BCUT2D eigenvalue weighted by molar-refractivity contribution is -0.134. The number of nitrogens with one attached hydrogen (secondary N) is 1. The van der Waals surface area contributed by atoms with Crippen LogP contribution in [0.15, 0.2) is 29.2 Å². The highest BCUT2D eigenvalue weighted by Crippen LogP contribution is 2.18. The van der Waals surface area contributed by atoms with Crippen molar-refractivity contribution in [3.63, 3.8) is 0 Å². The summed E-state index contributed by atoms with van der Waals surface area (Å²) in [6, 6.07) is 4.82. The molecule has 0 saturated carbocycles. The molecule has 0 spiro atoms. The van der Waals surface area contributed by atoms with Gasteiger partial charge in [0.15, 0.2) is 0 Å². The molecular formula is C16H24FN3O3S. The molecule has 1 unspecified atom stereocenters. The van der Waals surface area contributed by atoms with Gasteiger partial charge in [-0.3, -0.25) is 4.79 Å². The van der Waals surface area contributed by atoms with Crippen LogP contribution in [0.2, 0.25) is 0 Å². The van der Waals surface area contributed by atoms with Crippen molar-refractivity contribution in [2.24, 2.45) is 5.92 Å². The van der Waals surface area contributed by atoms with Crippen LogP contribution in [-0.4, -0.2) is 63.3 Å². The molecule has 1 aliphatic rings. The van der Waals surface area contributed by atoms with Gasteiger partial charge >= 0.3 is 0 Å². The number of amides is 1. The van der Waals surface area contributed by atoms with E-state index in [1.165, 1.54) is 16.4 Å². The Morgan fingerprint density at radius 2 is 1.88 bits per heavy atom. The second-order valence-corrected chi connectivity index (χ2v) is 7.93. The predicted molar refractivity (Wildman–Crippen MR) is 89.4 cm³/mol. The minimum absolute atomic E-state index is 0.0328. The zero-order valence-electron chi connectivity index (χ0n) is 14.0. The highest BCUT2D eigenvalue weighted by Gasteiger charge is 2.29. The summed E-state index contributed by atoms with van der Waals surface area (Å²) in [5.41, 5.74) is 0. The van der Waals surface area contributed by atoms with E-state index in [2.05, 4.69) is 5.32 Å². The van der Waals surface area contributed by atoms with Crippen molar-refractivity contribution in [2.45, 2.75) is 18.2 Å². The first-order valence-corrected chi connectivity index (χ1v) is 9.49. The molecule has 1 aromatic carbocycles. The van der Waals surface area contributed by atoms with E-state index in [4.69, 9.17) is 0 Å². The first kappa shape index (κ1) is 18.8. The third-order valence-corrected chi connectivity index (χ3v) is 6.06. The van der Waals surface area contributed by atoms with Gasteiger partial charge in [0.05, 0.1) is 4.90 Å². The van der Waals surface area contributed by atoms with Crippen LogP contribution < -0.4 is 5.32 Å². The average molecular weight is 357 g/mol. The van der Waals surface area contributed by atoms with E-state index in [-0.39, 0.29) is 23.3 Å². The monoisotopic (exact) mass is 357 g/mol. The largest absolute Gasteiger partial charge is 0.341 e. The molecule has 0 aromatic heterocycles. The Labute approximate surface area is 142 Å². The molecule has 1 aliphatic heterocycles. The molecule has 0 bridgehead atoms. The second kappa shape index (κ2) is 8.04. The van der Waals surface area contributed by atoms with E-state index in [0.29, 0.717) is 32.6 Å². The maximum absolute atomic E-state index is 13.0. The van der Waals surface area contributed by atoms with Gasteiger partial charge in [0, 0.05) is 38.6 Å². The third-order valence-electron chi connectivity index (χ3n) is 4.15. The van der Waals surface area contributed by atoms with Crippen LogP contribution in [0, 0.1) is 11.7 Å². The van der Waals surface area contributed by atoms with Gasteiger partial charge in [-0.2, -0.15) is 4.31 Å². The second-order valence-electron chi connectivity index (χ2n) is 6.00.